The van der Waals surface area contributed by atoms with Crippen LogP contribution in [0.3, 0.4) is 0 Å². The van der Waals surface area contributed by atoms with E-state index in [1.165, 1.54) is 19.3 Å². The number of carbonyl (C=O) groups excluding carboxylic acids is 1. The first-order valence-corrected chi connectivity index (χ1v) is 13.4. The summed E-state index contributed by atoms with van der Waals surface area (Å²) in [4.78, 5) is 20.6. The highest BCUT2D eigenvalue weighted by Crippen LogP contribution is 2.34. The van der Waals surface area contributed by atoms with Gasteiger partial charge in [0.25, 0.3) is 5.91 Å². The van der Waals surface area contributed by atoms with Crippen LogP contribution >= 0.6 is 0 Å². The Morgan fingerprint density at radius 3 is 2.74 bits per heavy atom. The van der Waals surface area contributed by atoms with E-state index in [2.05, 4.69) is 19.6 Å². The van der Waals surface area contributed by atoms with Crippen LogP contribution in [-0.4, -0.2) is 61.6 Å². The average Bonchev–Trinajstić information content (AvgIpc) is 3.16. The third-order valence-corrected chi connectivity index (χ3v) is 8.07. The van der Waals surface area contributed by atoms with E-state index in [9.17, 15) is 31.7 Å². The summed E-state index contributed by atoms with van der Waals surface area (Å²) in [6, 6.07) is 6.83. The van der Waals surface area contributed by atoms with Crippen molar-refractivity contribution in [2.75, 3.05) is 23.4 Å². The number of hydrogen-bond acceptors (Lipinski definition) is 8. The van der Waals surface area contributed by atoms with Crippen molar-refractivity contribution >= 4 is 43.7 Å². The molecular formula is C24H25F4N5O4S. The highest BCUT2D eigenvalue weighted by molar-refractivity contribution is 7.94. The molecular weight excluding hydrogens is 530 g/mol. The zero-order chi connectivity index (χ0) is 27.7. The summed E-state index contributed by atoms with van der Waals surface area (Å²) in [6.07, 6.45) is -4.88. The topological polar surface area (TPSA) is 126 Å². The van der Waals surface area contributed by atoms with E-state index in [-0.39, 0.29) is 17.2 Å². The molecule has 3 atom stereocenters. The number of anilines is 2. The molecule has 38 heavy (non-hydrogen) atoms. The van der Waals surface area contributed by atoms with Gasteiger partial charge in [0.1, 0.15) is 30.3 Å². The summed E-state index contributed by atoms with van der Waals surface area (Å²) in [6.45, 7) is 1.49. The maximum absolute atomic E-state index is 14.0. The zero-order valence-electron chi connectivity index (χ0n) is 20.4. The van der Waals surface area contributed by atoms with Crippen molar-refractivity contribution < 1.29 is 36.4 Å². The Labute approximate surface area is 215 Å². The van der Waals surface area contributed by atoms with Crippen molar-refractivity contribution in [3.05, 3.63) is 48.0 Å². The van der Waals surface area contributed by atoms with Crippen LogP contribution in [0.15, 0.2) is 41.0 Å². The van der Waals surface area contributed by atoms with Gasteiger partial charge in [0.05, 0.1) is 38.5 Å². The van der Waals surface area contributed by atoms with Crippen LogP contribution in [0.1, 0.15) is 18.9 Å². The first-order valence-electron chi connectivity index (χ1n) is 11.6. The summed E-state index contributed by atoms with van der Waals surface area (Å²) in [7, 11) is -2.57. The fourth-order valence-electron chi connectivity index (χ4n) is 3.98. The zero-order valence-corrected chi connectivity index (χ0v) is 21.2. The van der Waals surface area contributed by atoms with Crippen molar-refractivity contribution in [1.82, 2.24) is 15.3 Å². The van der Waals surface area contributed by atoms with Gasteiger partial charge in [-0.15, -0.1) is 0 Å². The molecule has 2 aromatic carbocycles. The van der Waals surface area contributed by atoms with Crippen LogP contribution in [0.2, 0.25) is 0 Å². The molecule has 3 N–H and O–H groups in total. The minimum Gasteiger partial charge on any atom is -0.479 e. The number of aryl methyl sites for hydroxylation is 1. The Morgan fingerprint density at radius 2 is 2.05 bits per heavy atom. The van der Waals surface area contributed by atoms with E-state index in [0.29, 0.717) is 40.1 Å². The van der Waals surface area contributed by atoms with E-state index in [1.54, 1.807) is 24.4 Å². The largest absolute Gasteiger partial charge is 0.479 e. The molecule has 1 saturated heterocycles. The number of carbonyl (C=O) groups is 1. The minimum atomic E-state index is -4.59. The third kappa shape index (κ3) is 6.67. The van der Waals surface area contributed by atoms with Crippen LogP contribution in [-0.2, 0) is 14.5 Å². The molecule has 0 saturated carbocycles. The smallest absolute Gasteiger partial charge is 0.405 e. The Hall–Kier alpha value is -3.52. The predicted molar refractivity (Wildman–Crippen MR) is 134 cm³/mol. The van der Waals surface area contributed by atoms with Gasteiger partial charge in [-0.25, -0.2) is 18.6 Å². The van der Waals surface area contributed by atoms with Gasteiger partial charge >= 0.3 is 6.18 Å². The monoisotopic (exact) mass is 555 g/mol. The standard InChI is InChI=1S/C24H25F4N5O4S/c1-13-7-16(33-38(36)6-5-17(34)10-38)9-19-21(13)22(31-12-30-19)32-18-4-3-15(25)8-20(18)37-14(2)23(35)29-11-24(26,27)28/h3-4,7-9,12,14,17,34H,5-6,10-11H2,1-2H3,(H,29,35)(H,30,31,32)/t14-,17?,38?/m1/s1. The first-order chi connectivity index (χ1) is 17.8. The number of aromatic nitrogens is 2. The number of ether oxygens (including phenoxy) is 1. The molecule has 9 nitrogen and oxygen atoms in total. The van der Waals surface area contributed by atoms with Gasteiger partial charge in [0.2, 0.25) is 0 Å². The fraction of sp³-hybridized carbons (Fsp3) is 0.375. The van der Waals surface area contributed by atoms with Crippen molar-refractivity contribution in [2.24, 2.45) is 4.36 Å². The quantitative estimate of drug-likeness (QED) is 0.374. The van der Waals surface area contributed by atoms with Crippen molar-refractivity contribution in [1.29, 1.82) is 0 Å². The van der Waals surface area contributed by atoms with Crippen molar-refractivity contribution in [2.45, 2.75) is 38.7 Å². The Balaban J connectivity index is 1.62. The van der Waals surface area contributed by atoms with Gasteiger partial charge < -0.3 is 20.5 Å². The van der Waals surface area contributed by atoms with Crippen LogP contribution < -0.4 is 15.4 Å². The number of alkyl halides is 3. The summed E-state index contributed by atoms with van der Waals surface area (Å²) >= 11 is 0. The van der Waals surface area contributed by atoms with Crippen LogP contribution in [0.25, 0.3) is 10.9 Å². The molecule has 0 radical (unpaired) electrons. The molecule has 1 fully saturated rings. The Morgan fingerprint density at radius 1 is 1.29 bits per heavy atom. The summed E-state index contributed by atoms with van der Waals surface area (Å²) in [5.74, 6) is -1.10. The van der Waals surface area contributed by atoms with E-state index < -0.39 is 46.4 Å². The Bertz CT molecular complexity index is 1490. The molecule has 2 heterocycles. The lowest BCUT2D eigenvalue weighted by molar-refractivity contribution is -0.142. The van der Waals surface area contributed by atoms with E-state index in [0.717, 1.165) is 12.1 Å². The number of aliphatic hydroxyl groups is 1. The number of hydrogen-bond donors (Lipinski definition) is 3. The number of benzene rings is 2. The molecule has 1 aliphatic heterocycles. The number of nitrogens with zero attached hydrogens (tertiary/aromatic N) is 3. The lowest BCUT2D eigenvalue weighted by Crippen LogP contribution is -2.41. The van der Waals surface area contributed by atoms with E-state index >= 15 is 0 Å². The second-order valence-electron chi connectivity index (χ2n) is 8.91. The molecule has 3 aromatic rings. The van der Waals surface area contributed by atoms with Gasteiger partial charge in [-0.2, -0.15) is 17.5 Å². The van der Waals surface area contributed by atoms with Gasteiger partial charge in [0, 0.05) is 17.2 Å². The summed E-state index contributed by atoms with van der Waals surface area (Å²) in [5.41, 5.74) is 1.82. The molecule has 0 aliphatic carbocycles. The van der Waals surface area contributed by atoms with Crippen molar-refractivity contribution in [3.63, 3.8) is 0 Å². The van der Waals surface area contributed by atoms with Gasteiger partial charge in [0.15, 0.2) is 6.10 Å². The van der Waals surface area contributed by atoms with E-state index in [1.807, 2.05) is 0 Å². The summed E-state index contributed by atoms with van der Waals surface area (Å²) in [5, 5.41) is 15.1. The number of amides is 1. The fourth-order valence-corrected chi connectivity index (χ4v) is 6.21. The average molecular weight is 556 g/mol. The SMILES string of the molecule is Cc1cc(N=S2(=O)CCC(O)C2)cc2ncnc(Nc3ccc(F)cc3O[C@H](C)C(=O)NCC(F)(F)F)c12. The van der Waals surface area contributed by atoms with Gasteiger partial charge in [-0.1, -0.05) is 0 Å². The number of aliphatic hydroxyl groups excluding tert-OH is 1. The molecule has 4 rings (SSSR count). The number of halogens is 4. The van der Waals surface area contributed by atoms with Crippen LogP contribution in [0, 0.1) is 12.7 Å². The van der Waals surface area contributed by atoms with E-state index in [4.69, 9.17) is 4.74 Å². The predicted octanol–water partition coefficient (Wildman–Crippen LogP) is 4.13. The highest BCUT2D eigenvalue weighted by Gasteiger charge is 2.29. The maximum Gasteiger partial charge on any atom is 0.405 e. The second-order valence-corrected chi connectivity index (χ2v) is 11.4. The second kappa shape index (κ2) is 10.7. The Kier molecular flexibility index (Phi) is 7.74. The van der Waals surface area contributed by atoms with Crippen LogP contribution in [0.5, 0.6) is 5.75 Å². The molecule has 2 unspecified atom stereocenters. The number of nitrogens with one attached hydrogen (secondary N) is 2. The third-order valence-electron chi connectivity index (χ3n) is 5.75. The highest BCUT2D eigenvalue weighted by atomic mass is 32.2. The first kappa shape index (κ1) is 27.5. The molecule has 1 aromatic heterocycles. The van der Waals surface area contributed by atoms with Crippen LogP contribution in [0.4, 0.5) is 34.8 Å². The lowest BCUT2D eigenvalue weighted by atomic mass is 10.1. The lowest BCUT2D eigenvalue weighted by Gasteiger charge is -2.19. The van der Waals surface area contributed by atoms with Gasteiger partial charge in [-0.05, 0) is 50.1 Å². The van der Waals surface area contributed by atoms with Crippen molar-refractivity contribution in [3.8, 4) is 5.75 Å². The molecule has 14 heteroatoms. The maximum atomic E-state index is 14.0. The molecule has 204 valence electrons. The van der Waals surface area contributed by atoms with Gasteiger partial charge in [-0.3, -0.25) is 4.79 Å². The molecule has 0 bridgehead atoms. The number of fused-ring (bicyclic) bond motifs is 1. The molecule has 1 amide bonds. The molecule has 1 aliphatic rings. The normalized spacial score (nSPS) is 20.2. The molecule has 0 spiro atoms. The minimum absolute atomic E-state index is 0.112. The summed E-state index contributed by atoms with van der Waals surface area (Å²) < 4.78 is 74.1. The number of rotatable bonds is 7.